The number of hydrogen-bond acceptors (Lipinski definition) is 5. The summed E-state index contributed by atoms with van der Waals surface area (Å²) in [4.78, 5) is 18.8. The van der Waals surface area contributed by atoms with Gasteiger partial charge in [0.25, 0.3) is 5.56 Å². The second kappa shape index (κ2) is 7.23. The zero-order valence-corrected chi connectivity index (χ0v) is 16.0. The zero-order valence-electron chi connectivity index (χ0n) is 14.4. The van der Waals surface area contributed by atoms with E-state index >= 15 is 0 Å². The van der Waals surface area contributed by atoms with Crippen LogP contribution in [0.2, 0.25) is 0 Å². The van der Waals surface area contributed by atoms with Crippen molar-refractivity contribution in [2.24, 2.45) is 0 Å². The van der Waals surface area contributed by atoms with Crippen molar-refractivity contribution < 1.29 is 4.74 Å². The van der Waals surface area contributed by atoms with Crippen molar-refractivity contribution in [3.63, 3.8) is 0 Å². The first-order chi connectivity index (χ1) is 11.5. The van der Waals surface area contributed by atoms with Gasteiger partial charge in [0.2, 0.25) is 0 Å². The highest BCUT2D eigenvalue weighted by Crippen LogP contribution is 2.35. The summed E-state index contributed by atoms with van der Waals surface area (Å²) in [5, 5.41) is 1.60. The van der Waals surface area contributed by atoms with Gasteiger partial charge in [-0.1, -0.05) is 32.5 Å². The zero-order chi connectivity index (χ0) is 17.3. The molecule has 2 atom stereocenters. The van der Waals surface area contributed by atoms with E-state index in [-0.39, 0.29) is 5.56 Å². The highest BCUT2D eigenvalue weighted by atomic mass is 32.2. The molecule has 0 unspecified atom stereocenters. The van der Waals surface area contributed by atoms with Gasteiger partial charge in [0.05, 0.1) is 23.4 Å². The molecule has 1 aliphatic heterocycles. The number of benzene rings is 1. The molecule has 2 aromatic rings. The number of ether oxygens (including phenoxy) is 1. The van der Waals surface area contributed by atoms with Crippen molar-refractivity contribution in [1.29, 1.82) is 0 Å². The molecule has 0 N–H and O–H groups in total. The van der Waals surface area contributed by atoms with Gasteiger partial charge in [-0.15, -0.1) is 11.8 Å². The number of hydrogen-bond donors (Lipinski definition) is 0. The number of fused-ring (bicyclic) bond motifs is 1. The smallest absolute Gasteiger partial charge is 0.272 e. The molecule has 1 aromatic carbocycles. The fourth-order valence-electron chi connectivity index (χ4n) is 2.60. The van der Waals surface area contributed by atoms with Crippen LogP contribution in [0.4, 0.5) is 0 Å². The van der Waals surface area contributed by atoms with Crippen LogP contribution in [-0.4, -0.2) is 27.2 Å². The lowest BCUT2D eigenvalue weighted by Crippen LogP contribution is -2.24. The standard InChI is InChI=1S/C18H22N2O2S2/c1-5-11(2)24-18-19-15-10-12(3)23-16(15)17(21)20(18)13-6-8-14(22-4)9-7-13/h6-9,11-12H,5,10H2,1-4H3/t11-,12+/m0/s1. The highest BCUT2D eigenvalue weighted by Gasteiger charge is 2.27. The minimum atomic E-state index is 0.0466. The van der Waals surface area contributed by atoms with E-state index in [2.05, 4.69) is 20.8 Å². The Kier molecular flexibility index (Phi) is 5.25. The van der Waals surface area contributed by atoms with Gasteiger partial charge in [-0.3, -0.25) is 9.36 Å². The van der Waals surface area contributed by atoms with Crippen LogP contribution in [0.15, 0.2) is 39.1 Å². The van der Waals surface area contributed by atoms with Gasteiger partial charge in [-0.05, 0) is 30.7 Å². The Labute approximate surface area is 151 Å². The Morgan fingerprint density at radius 3 is 2.75 bits per heavy atom. The Bertz CT molecular complexity index is 787. The molecule has 1 aliphatic rings. The first-order valence-corrected chi connectivity index (χ1v) is 9.93. The normalized spacial score (nSPS) is 17.6. The predicted octanol–water partition coefficient (Wildman–Crippen LogP) is 4.17. The molecule has 0 spiro atoms. The molecule has 0 radical (unpaired) electrons. The van der Waals surface area contributed by atoms with E-state index in [0.717, 1.165) is 40.0 Å². The van der Waals surface area contributed by atoms with Crippen LogP contribution < -0.4 is 10.3 Å². The van der Waals surface area contributed by atoms with E-state index in [0.29, 0.717) is 10.5 Å². The van der Waals surface area contributed by atoms with E-state index in [1.54, 1.807) is 35.2 Å². The molecule has 128 valence electrons. The van der Waals surface area contributed by atoms with Crippen LogP contribution >= 0.6 is 23.5 Å². The maximum Gasteiger partial charge on any atom is 0.272 e. The Hall–Kier alpha value is -1.40. The topological polar surface area (TPSA) is 44.1 Å². The van der Waals surface area contributed by atoms with Crippen molar-refractivity contribution in [3.8, 4) is 11.4 Å². The van der Waals surface area contributed by atoms with E-state index < -0.39 is 0 Å². The van der Waals surface area contributed by atoms with Crippen LogP contribution in [-0.2, 0) is 6.42 Å². The van der Waals surface area contributed by atoms with E-state index in [1.165, 1.54) is 0 Å². The maximum absolute atomic E-state index is 13.1. The second-order valence-electron chi connectivity index (χ2n) is 5.98. The number of rotatable bonds is 5. The monoisotopic (exact) mass is 362 g/mol. The molecule has 24 heavy (non-hydrogen) atoms. The molecule has 6 heteroatoms. The Morgan fingerprint density at radius 2 is 2.12 bits per heavy atom. The van der Waals surface area contributed by atoms with Crippen molar-refractivity contribution in [2.45, 2.75) is 54.2 Å². The molecule has 2 heterocycles. The molecule has 0 saturated heterocycles. The number of aromatic nitrogens is 2. The first kappa shape index (κ1) is 17.4. The number of nitrogens with zero attached hydrogens (tertiary/aromatic N) is 2. The first-order valence-electron chi connectivity index (χ1n) is 8.17. The minimum absolute atomic E-state index is 0.0466. The predicted molar refractivity (Wildman–Crippen MR) is 101 cm³/mol. The van der Waals surface area contributed by atoms with Gasteiger partial charge in [0, 0.05) is 16.9 Å². The molecule has 4 nitrogen and oxygen atoms in total. The van der Waals surface area contributed by atoms with Gasteiger partial charge in [-0.25, -0.2) is 4.98 Å². The van der Waals surface area contributed by atoms with Crippen LogP contribution in [0.3, 0.4) is 0 Å². The average Bonchev–Trinajstić information content (AvgIpc) is 2.96. The lowest BCUT2D eigenvalue weighted by Gasteiger charge is -2.16. The average molecular weight is 363 g/mol. The fourth-order valence-corrected chi connectivity index (χ4v) is 4.69. The Balaban J connectivity index is 2.14. The van der Waals surface area contributed by atoms with Gasteiger partial charge >= 0.3 is 0 Å². The molecular weight excluding hydrogens is 340 g/mol. The van der Waals surface area contributed by atoms with Gasteiger partial charge in [0.15, 0.2) is 5.16 Å². The third-order valence-electron chi connectivity index (χ3n) is 4.09. The number of thioether (sulfide) groups is 2. The van der Waals surface area contributed by atoms with Gasteiger partial charge in [0.1, 0.15) is 5.75 Å². The van der Waals surface area contributed by atoms with Crippen LogP contribution in [0.5, 0.6) is 5.75 Å². The number of methoxy groups -OCH3 is 1. The summed E-state index contributed by atoms with van der Waals surface area (Å²) in [5.41, 5.74) is 1.83. The molecule has 3 rings (SSSR count). The fraction of sp³-hybridized carbons (Fsp3) is 0.444. The lowest BCUT2D eigenvalue weighted by atomic mass is 10.2. The van der Waals surface area contributed by atoms with Gasteiger partial charge < -0.3 is 4.74 Å². The van der Waals surface area contributed by atoms with E-state index in [4.69, 9.17) is 9.72 Å². The molecule has 0 amide bonds. The summed E-state index contributed by atoms with van der Waals surface area (Å²) in [6, 6.07) is 7.58. The molecule has 0 saturated carbocycles. The van der Waals surface area contributed by atoms with Crippen molar-refractivity contribution in [3.05, 3.63) is 40.3 Å². The van der Waals surface area contributed by atoms with Crippen molar-refractivity contribution in [1.82, 2.24) is 9.55 Å². The lowest BCUT2D eigenvalue weighted by molar-refractivity contribution is 0.414. The molecule has 0 aliphatic carbocycles. The van der Waals surface area contributed by atoms with Crippen LogP contribution in [0.1, 0.15) is 32.9 Å². The summed E-state index contributed by atoms with van der Waals surface area (Å²) in [6.45, 7) is 6.46. The SMILES string of the molecule is CC[C@H](C)Sc1nc2c(c(=O)n1-c1ccc(OC)cc1)S[C@H](C)C2. The molecule has 1 aromatic heterocycles. The maximum atomic E-state index is 13.1. The van der Waals surface area contributed by atoms with Crippen LogP contribution in [0, 0.1) is 0 Å². The third-order valence-corrected chi connectivity index (χ3v) is 6.53. The quantitative estimate of drug-likeness (QED) is 0.590. The summed E-state index contributed by atoms with van der Waals surface area (Å²) in [7, 11) is 1.64. The third kappa shape index (κ3) is 3.35. The largest absolute Gasteiger partial charge is 0.497 e. The van der Waals surface area contributed by atoms with E-state index in [1.807, 2.05) is 24.3 Å². The summed E-state index contributed by atoms with van der Waals surface area (Å²) < 4.78 is 6.97. The van der Waals surface area contributed by atoms with Crippen molar-refractivity contribution >= 4 is 23.5 Å². The molecule has 0 fully saturated rings. The summed E-state index contributed by atoms with van der Waals surface area (Å²) in [5.74, 6) is 0.778. The molecular formula is C18H22N2O2S2. The molecule has 0 bridgehead atoms. The van der Waals surface area contributed by atoms with E-state index in [9.17, 15) is 4.79 Å². The van der Waals surface area contributed by atoms with Gasteiger partial charge in [-0.2, -0.15) is 0 Å². The van der Waals surface area contributed by atoms with Crippen molar-refractivity contribution in [2.75, 3.05) is 7.11 Å². The highest BCUT2D eigenvalue weighted by molar-refractivity contribution is 8.00. The second-order valence-corrected chi connectivity index (χ2v) is 8.83. The minimum Gasteiger partial charge on any atom is -0.497 e. The summed E-state index contributed by atoms with van der Waals surface area (Å²) >= 11 is 3.31. The Morgan fingerprint density at radius 1 is 1.42 bits per heavy atom. The summed E-state index contributed by atoms with van der Waals surface area (Å²) in [6.07, 6.45) is 1.90. The van der Waals surface area contributed by atoms with Crippen LogP contribution in [0.25, 0.3) is 5.69 Å².